The van der Waals surface area contributed by atoms with Crippen molar-refractivity contribution >= 4 is 17.5 Å². The molecule has 2 atom stereocenters. The summed E-state index contributed by atoms with van der Waals surface area (Å²) in [5, 5.41) is 19.9. The average Bonchev–Trinajstić information content (AvgIpc) is 3.01. The number of anilines is 1. The Hall–Kier alpha value is -4.67. The minimum Gasteiger partial charge on any atom is -0.481 e. The first kappa shape index (κ1) is 32.2. The van der Waals surface area contributed by atoms with Gasteiger partial charge in [0, 0.05) is 30.8 Å². The minimum absolute atomic E-state index is 0.0127. The fraction of sp³-hybridized carbons (Fsp3) is 0.265. The van der Waals surface area contributed by atoms with E-state index in [9.17, 15) is 23.5 Å². The second kappa shape index (κ2) is 15.7. The first-order valence-corrected chi connectivity index (χ1v) is 14.3. The number of nitrogens with zero attached hydrogens (tertiary/aromatic N) is 1. The van der Waals surface area contributed by atoms with Crippen molar-refractivity contribution in [2.45, 2.75) is 44.9 Å². The predicted octanol–water partition coefficient (Wildman–Crippen LogP) is 4.60. The highest BCUT2D eigenvalue weighted by atomic mass is 19.1. The highest BCUT2D eigenvalue weighted by Crippen LogP contribution is 2.17. The van der Waals surface area contributed by atoms with E-state index in [4.69, 9.17) is 4.74 Å². The van der Waals surface area contributed by atoms with Crippen LogP contribution >= 0.6 is 0 Å². The highest BCUT2D eigenvalue weighted by Gasteiger charge is 2.23. The number of benzene rings is 3. The molecule has 4 aromatic rings. The largest absolute Gasteiger partial charge is 0.481 e. The van der Waals surface area contributed by atoms with Crippen LogP contribution in [0.2, 0.25) is 0 Å². The van der Waals surface area contributed by atoms with Gasteiger partial charge >= 0.3 is 0 Å². The number of aromatic nitrogens is 1. The number of aliphatic hydroxyl groups is 1. The highest BCUT2D eigenvalue weighted by molar-refractivity contribution is 6.05. The number of hydrogen-bond donors (Lipinski definition) is 4. The Balaban J connectivity index is 1.45. The molecule has 0 saturated heterocycles. The van der Waals surface area contributed by atoms with Gasteiger partial charge in [-0.3, -0.25) is 9.59 Å². The molecule has 1 aromatic heterocycles. The molecular weight excluding hydrogens is 566 g/mol. The van der Waals surface area contributed by atoms with Crippen LogP contribution in [-0.4, -0.2) is 47.7 Å². The van der Waals surface area contributed by atoms with Crippen LogP contribution in [0.1, 0.15) is 39.5 Å². The van der Waals surface area contributed by atoms with Crippen molar-refractivity contribution in [2.75, 3.05) is 19.0 Å². The number of amides is 2. The minimum atomic E-state index is -1.08. The van der Waals surface area contributed by atoms with Gasteiger partial charge in [0.05, 0.1) is 37.6 Å². The van der Waals surface area contributed by atoms with Crippen LogP contribution in [0.3, 0.4) is 0 Å². The van der Waals surface area contributed by atoms with Gasteiger partial charge in [0.2, 0.25) is 11.8 Å². The van der Waals surface area contributed by atoms with Crippen molar-refractivity contribution in [3.05, 3.63) is 125 Å². The molecule has 230 valence electrons. The topological polar surface area (TPSA) is 113 Å². The summed E-state index contributed by atoms with van der Waals surface area (Å²) in [5.41, 5.74) is 3.73. The number of carbonyl (C=O) groups excluding carboxylic acids is 2. The van der Waals surface area contributed by atoms with E-state index in [1.165, 1.54) is 31.0 Å². The average molecular weight is 603 g/mol. The summed E-state index contributed by atoms with van der Waals surface area (Å²) in [6, 6.07) is 20.2. The van der Waals surface area contributed by atoms with E-state index in [-0.39, 0.29) is 24.9 Å². The predicted molar refractivity (Wildman–Crippen MR) is 164 cm³/mol. The number of pyridine rings is 1. The maximum atomic E-state index is 13.9. The molecule has 0 radical (unpaired) electrons. The van der Waals surface area contributed by atoms with E-state index < -0.39 is 35.6 Å². The molecule has 4 N–H and O–H groups in total. The molecule has 10 heteroatoms. The molecule has 0 aliphatic rings. The standard InChI is InChI=1S/C34H36F2N4O4/c1-3-22-7-6-8-23(13-22)19-37-21-31(41)30(16-24-14-26(35)18-27(36)15-24)40-32(42)17-25-9-4-5-10-29(25)34(43)39-28-11-12-33(44-2)38-20-28/h4-15,18,20,30-31,37,41H,3,16-17,19,21H2,1-2H3,(H,39,43)(H,40,42)/t30-,31-/m0/s1. The Morgan fingerprint density at radius 3 is 2.39 bits per heavy atom. The summed E-state index contributed by atoms with van der Waals surface area (Å²) in [6.45, 7) is 2.68. The van der Waals surface area contributed by atoms with Gasteiger partial charge in [0.1, 0.15) is 11.6 Å². The molecule has 0 bridgehead atoms. The molecule has 0 fully saturated rings. The number of aryl methyl sites for hydroxylation is 1. The lowest BCUT2D eigenvalue weighted by Gasteiger charge is -2.25. The zero-order valence-corrected chi connectivity index (χ0v) is 24.6. The van der Waals surface area contributed by atoms with Gasteiger partial charge in [-0.25, -0.2) is 13.8 Å². The molecule has 0 spiro atoms. The second-order valence-corrected chi connectivity index (χ2v) is 10.4. The number of hydrogen-bond acceptors (Lipinski definition) is 6. The summed E-state index contributed by atoms with van der Waals surface area (Å²) >= 11 is 0. The molecule has 0 saturated carbocycles. The molecule has 8 nitrogen and oxygen atoms in total. The molecule has 0 unspecified atom stereocenters. The van der Waals surface area contributed by atoms with Crippen molar-refractivity contribution in [3.8, 4) is 5.88 Å². The van der Waals surface area contributed by atoms with Crippen molar-refractivity contribution < 1.29 is 28.2 Å². The third-order valence-electron chi connectivity index (χ3n) is 7.09. The lowest BCUT2D eigenvalue weighted by atomic mass is 9.99. The maximum Gasteiger partial charge on any atom is 0.255 e. The van der Waals surface area contributed by atoms with Crippen molar-refractivity contribution in [3.63, 3.8) is 0 Å². The third-order valence-corrected chi connectivity index (χ3v) is 7.09. The zero-order valence-electron chi connectivity index (χ0n) is 24.6. The van der Waals surface area contributed by atoms with Crippen LogP contribution in [0.5, 0.6) is 5.88 Å². The van der Waals surface area contributed by atoms with E-state index in [2.05, 4.69) is 33.9 Å². The van der Waals surface area contributed by atoms with Crippen LogP contribution in [0.15, 0.2) is 85.1 Å². The summed E-state index contributed by atoms with van der Waals surface area (Å²) in [4.78, 5) is 30.4. The second-order valence-electron chi connectivity index (χ2n) is 10.4. The van der Waals surface area contributed by atoms with E-state index in [1.54, 1.807) is 36.4 Å². The molecule has 1 heterocycles. The number of ether oxygens (including phenoxy) is 1. The Morgan fingerprint density at radius 1 is 0.932 bits per heavy atom. The Kier molecular flexibility index (Phi) is 11.5. The fourth-order valence-electron chi connectivity index (χ4n) is 4.83. The number of aliphatic hydroxyl groups excluding tert-OH is 1. The maximum absolute atomic E-state index is 13.9. The molecule has 2 amide bonds. The number of halogens is 2. The van der Waals surface area contributed by atoms with Gasteiger partial charge in [-0.15, -0.1) is 0 Å². The van der Waals surface area contributed by atoms with Crippen LogP contribution in [0.4, 0.5) is 14.5 Å². The monoisotopic (exact) mass is 602 g/mol. The molecule has 44 heavy (non-hydrogen) atoms. The van der Waals surface area contributed by atoms with Crippen molar-refractivity contribution in [1.82, 2.24) is 15.6 Å². The first-order valence-electron chi connectivity index (χ1n) is 14.3. The van der Waals surface area contributed by atoms with E-state index in [0.29, 0.717) is 29.2 Å². The van der Waals surface area contributed by atoms with Crippen molar-refractivity contribution in [2.24, 2.45) is 0 Å². The third kappa shape index (κ3) is 9.42. The van der Waals surface area contributed by atoms with Gasteiger partial charge in [0.15, 0.2) is 0 Å². The number of carbonyl (C=O) groups is 2. The Bertz CT molecular complexity index is 1550. The van der Waals surface area contributed by atoms with Crippen LogP contribution < -0.4 is 20.7 Å². The quantitative estimate of drug-likeness (QED) is 0.168. The lowest BCUT2D eigenvalue weighted by molar-refractivity contribution is -0.122. The summed E-state index contributed by atoms with van der Waals surface area (Å²) in [7, 11) is 1.49. The Labute approximate surface area is 255 Å². The van der Waals surface area contributed by atoms with Crippen molar-refractivity contribution in [1.29, 1.82) is 0 Å². The van der Waals surface area contributed by atoms with Gasteiger partial charge < -0.3 is 25.8 Å². The van der Waals surface area contributed by atoms with Crippen LogP contribution in [-0.2, 0) is 30.6 Å². The summed E-state index contributed by atoms with van der Waals surface area (Å²) < 4.78 is 32.9. The van der Waals surface area contributed by atoms with Gasteiger partial charge in [0.25, 0.3) is 5.91 Å². The number of rotatable bonds is 14. The smallest absolute Gasteiger partial charge is 0.255 e. The Morgan fingerprint density at radius 2 is 1.68 bits per heavy atom. The number of methoxy groups -OCH3 is 1. The number of nitrogens with one attached hydrogen (secondary N) is 3. The fourth-order valence-corrected chi connectivity index (χ4v) is 4.83. The normalized spacial score (nSPS) is 12.3. The first-order chi connectivity index (χ1) is 21.2. The zero-order chi connectivity index (χ0) is 31.5. The van der Waals surface area contributed by atoms with E-state index >= 15 is 0 Å². The van der Waals surface area contributed by atoms with E-state index in [0.717, 1.165) is 18.1 Å². The van der Waals surface area contributed by atoms with Gasteiger partial charge in [-0.1, -0.05) is 49.4 Å². The van der Waals surface area contributed by atoms with E-state index in [1.807, 2.05) is 18.2 Å². The molecule has 4 rings (SSSR count). The summed E-state index contributed by atoms with van der Waals surface area (Å²) in [6.07, 6.45) is 1.10. The molecular formula is C34H36F2N4O4. The lowest BCUT2D eigenvalue weighted by Crippen LogP contribution is -2.49. The molecule has 3 aromatic carbocycles. The van der Waals surface area contributed by atoms with Crippen LogP contribution in [0.25, 0.3) is 0 Å². The van der Waals surface area contributed by atoms with Gasteiger partial charge in [-0.2, -0.15) is 0 Å². The van der Waals surface area contributed by atoms with Gasteiger partial charge in [-0.05, 0) is 59.4 Å². The molecule has 0 aliphatic carbocycles. The summed E-state index contributed by atoms with van der Waals surface area (Å²) in [5.74, 6) is -1.99. The van der Waals surface area contributed by atoms with Crippen LogP contribution in [0, 0.1) is 11.6 Å². The SMILES string of the molecule is CCc1cccc(CNC[C@H](O)[C@H](Cc2cc(F)cc(F)c2)NC(=O)Cc2ccccc2C(=O)Nc2ccc(OC)nc2)c1. The molecule has 0 aliphatic heterocycles.